The number of carbonyl (C=O) groups excluding carboxylic acids is 2. The van der Waals surface area contributed by atoms with Crippen LogP contribution in [0.3, 0.4) is 0 Å². The molecule has 6 heteroatoms. The Morgan fingerprint density at radius 1 is 1.16 bits per heavy atom. The average Bonchev–Trinajstić information content (AvgIpc) is 3.41. The summed E-state index contributed by atoms with van der Waals surface area (Å²) in [4.78, 5) is 36.5. The lowest BCUT2D eigenvalue weighted by Crippen LogP contribution is -2.48. The minimum Gasteiger partial charge on any atom is -0.352 e. The van der Waals surface area contributed by atoms with Crippen molar-refractivity contribution in [3.05, 3.63) is 70.1 Å². The lowest BCUT2D eigenvalue weighted by molar-refractivity contribution is -0.123. The summed E-state index contributed by atoms with van der Waals surface area (Å²) in [6.45, 7) is 0. The Morgan fingerprint density at radius 3 is 2.52 bits per heavy atom. The molecule has 3 rings (SSSR count). The molecule has 1 saturated carbocycles. The van der Waals surface area contributed by atoms with Gasteiger partial charge in [0, 0.05) is 31.8 Å². The van der Waals surface area contributed by atoms with E-state index >= 15 is 0 Å². The number of benzene rings is 1. The van der Waals surface area contributed by atoms with Crippen molar-refractivity contribution in [3.8, 4) is 0 Å². The molecule has 1 heterocycles. The van der Waals surface area contributed by atoms with Crippen LogP contribution in [0.1, 0.15) is 28.8 Å². The standard InChI is InChI=1S/C19H21N3O3/c1-22-12-14(7-10-17(22)23)18(24)21-16(19(25)20-15-8-9-15)11-13-5-3-2-4-6-13/h2-7,10,12,15-16H,8-9,11H2,1H3,(H,20,25)(H,21,24)/t16-/m1/s1. The van der Waals surface area contributed by atoms with Gasteiger partial charge >= 0.3 is 0 Å². The summed E-state index contributed by atoms with van der Waals surface area (Å²) in [6.07, 6.45) is 3.85. The van der Waals surface area contributed by atoms with E-state index in [0.717, 1.165) is 18.4 Å². The van der Waals surface area contributed by atoms with E-state index in [1.807, 2.05) is 30.3 Å². The number of hydrogen-bond acceptors (Lipinski definition) is 3. The molecule has 130 valence electrons. The van der Waals surface area contributed by atoms with Crippen molar-refractivity contribution in [1.82, 2.24) is 15.2 Å². The summed E-state index contributed by atoms with van der Waals surface area (Å²) in [5.41, 5.74) is 1.13. The molecule has 6 nitrogen and oxygen atoms in total. The van der Waals surface area contributed by atoms with Gasteiger partial charge in [-0.25, -0.2) is 0 Å². The Morgan fingerprint density at radius 2 is 1.88 bits per heavy atom. The van der Waals surface area contributed by atoms with Crippen LogP contribution in [-0.4, -0.2) is 28.5 Å². The number of pyridine rings is 1. The fraction of sp³-hybridized carbons (Fsp3) is 0.316. The van der Waals surface area contributed by atoms with Crippen LogP contribution in [0.25, 0.3) is 0 Å². The van der Waals surface area contributed by atoms with E-state index < -0.39 is 6.04 Å². The van der Waals surface area contributed by atoms with Gasteiger partial charge in [-0.05, 0) is 24.5 Å². The van der Waals surface area contributed by atoms with Gasteiger partial charge < -0.3 is 15.2 Å². The molecule has 0 bridgehead atoms. The van der Waals surface area contributed by atoms with Crippen LogP contribution in [0, 0.1) is 0 Å². The van der Waals surface area contributed by atoms with Gasteiger partial charge in [-0.1, -0.05) is 30.3 Å². The predicted molar refractivity (Wildman–Crippen MR) is 94.2 cm³/mol. The topological polar surface area (TPSA) is 80.2 Å². The normalized spacial score (nSPS) is 14.6. The number of carbonyl (C=O) groups is 2. The highest BCUT2D eigenvalue weighted by atomic mass is 16.2. The van der Waals surface area contributed by atoms with Gasteiger partial charge in [0.05, 0.1) is 5.56 Å². The first-order valence-electron chi connectivity index (χ1n) is 8.35. The summed E-state index contributed by atoms with van der Waals surface area (Å²) in [5, 5.41) is 5.74. The van der Waals surface area contributed by atoms with Crippen molar-refractivity contribution in [2.24, 2.45) is 7.05 Å². The van der Waals surface area contributed by atoms with Crippen molar-refractivity contribution < 1.29 is 9.59 Å². The number of rotatable bonds is 6. The molecule has 2 aromatic rings. The molecule has 1 aromatic heterocycles. The largest absolute Gasteiger partial charge is 0.352 e. The van der Waals surface area contributed by atoms with Gasteiger partial charge in [-0.15, -0.1) is 0 Å². The van der Waals surface area contributed by atoms with E-state index in [9.17, 15) is 14.4 Å². The second-order valence-electron chi connectivity index (χ2n) is 6.37. The smallest absolute Gasteiger partial charge is 0.253 e. The van der Waals surface area contributed by atoms with Crippen LogP contribution in [0.5, 0.6) is 0 Å². The zero-order chi connectivity index (χ0) is 17.8. The van der Waals surface area contributed by atoms with Gasteiger partial charge in [0.2, 0.25) is 11.5 Å². The highest BCUT2D eigenvalue weighted by Crippen LogP contribution is 2.19. The first kappa shape index (κ1) is 17.0. The maximum absolute atomic E-state index is 12.5. The zero-order valence-corrected chi connectivity index (χ0v) is 14.1. The molecule has 1 aromatic carbocycles. The lowest BCUT2D eigenvalue weighted by Gasteiger charge is -2.19. The second kappa shape index (κ2) is 7.34. The first-order chi connectivity index (χ1) is 12.0. The van der Waals surface area contributed by atoms with Crippen LogP contribution in [-0.2, 0) is 18.3 Å². The van der Waals surface area contributed by atoms with Gasteiger partial charge in [-0.2, -0.15) is 0 Å². The third kappa shape index (κ3) is 4.56. The molecule has 1 aliphatic carbocycles. The number of nitrogens with zero attached hydrogens (tertiary/aromatic N) is 1. The fourth-order valence-electron chi connectivity index (χ4n) is 2.56. The monoisotopic (exact) mass is 339 g/mol. The van der Waals surface area contributed by atoms with Crippen molar-refractivity contribution in [2.45, 2.75) is 31.3 Å². The summed E-state index contributed by atoms with van der Waals surface area (Å²) in [7, 11) is 1.58. The molecule has 2 amide bonds. The van der Waals surface area contributed by atoms with Crippen LogP contribution < -0.4 is 16.2 Å². The molecule has 1 aliphatic rings. The summed E-state index contributed by atoms with van der Waals surface area (Å²) in [5.74, 6) is -0.549. The van der Waals surface area contributed by atoms with Crippen molar-refractivity contribution in [3.63, 3.8) is 0 Å². The van der Waals surface area contributed by atoms with Crippen LogP contribution in [0.4, 0.5) is 0 Å². The maximum atomic E-state index is 12.5. The van der Waals surface area contributed by atoms with Gasteiger partial charge in [-0.3, -0.25) is 14.4 Å². The Labute approximate surface area is 145 Å². The molecular weight excluding hydrogens is 318 g/mol. The molecule has 0 aliphatic heterocycles. The molecule has 0 unspecified atom stereocenters. The Hall–Kier alpha value is -2.89. The summed E-state index contributed by atoms with van der Waals surface area (Å²) in [6, 6.07) is 11.9. The molecule has 1 atom stereocenters. The quantitative estimate of drug-likeness (QED) is 0.824. The number of aryl methyl sites for hydroxylation is 1. The van der Waals surface area contributed by atoms with Gasteiger partial charge in [0.25, 0.3) is 5.91 Å². The predicted octanol–water partition coefficient (Wildman–Crippen LogP) is 1.00. The molecule has 0 radical (unpaired) electrons. The molecule has 25 heavy (non-hydrogen) atoms. The number of aromatic nitrogens is 1. The van der Waals surface area contributed by atoms with E-state index in [-0.39, 0.29) is 23.4 Å². The Balaban J connectivity index is 1.75. The maximum Gasteiger partial charge on any atom is 0.253 e. The third-order valence-electron chi connectivity index (χ3n) is 4.18. The number of amides is 2. The Kier molecular flexibility index (Phi) is 4.97. The fourth-order valence-corrected chi connectivity index (χ4v) is 2.56. The average molecular weight is 339 g/mol. The van der Waals surface area contributed by atoms with E-state index in [1.165, 1.54) is 22.9 Å². The van der Waals surface area contributed by atoms with Crippen molar-refractivity contribution in [1.29, 1.82) is 0 Å². The van der Waals surface area contributed by atoms with Gasteiger partial charge in [0.1, 0.15) is 6.04 Å². The zero-order valence-electron chi connectivity index (χ0n) is 14.1. The molecule has 1 fully saturated rings. The lowest BCUT2D eigenvalue weighted by atomic mass is 10.0. The van der Waals surface area contributed by atoms with Crippen LogP contribution in [0.15, 0.2) is 53.5 Å². The van der Waals surface area contributed by atoms with Crippen molar-refractivity contribution >= 4 is 11.8 Å². The van der Waals surface area contributed by atoms with Crippen LogP contribution >= 0.6 is 0 Å². The SMILES string of the molecule is Cn1cc(C(=O)N[C@H](Cc2ccccc2)C(=O)NC2CC2)ccc1=O. The Bertz CT molecular complexity index is 825. The molecule has 2 N–H and O–H groups in total. The summed E-state index contributed by atoms with van der Waals surface area (Å²) < 4.78 is 1.34. The van der Waals surface area contributed by atoms with E-state index in [2.05, 4.69) is 10.6 Å². The second-order valence-corrected chi connectivity index (χ2v) is 6.37. The number of hydrogen-bond donors (Lipinski definition) is 2. The molecular formula is C19H21N3O3. The molecule has 0 spiro atoms. The van der Waals surface area contributed by atoms with Gasteiger partial charge in [0.15, 0.2) is 0 Å². The molecule has 0 saturated heterocycles. The van der Waals surface area contributed by atoms with Crippen molar-refractivity contribution in [2.75, 3.05) is 0 Å². The first-order valence-corrected chi connectivity index (χ1v) is 8.35. The highest BCUT2D eigenvalue weighted by molar-refractivity contribution is 5.97. The van der Waals surface area contributed by atoms with E-state index in [1.54, 1.807) is 7.05 Å². The highest BCUT2D eigenvalue weighted by Gasteiger charge is 2.28. The van der Waals surface area contributed by atoms with Crippen LogP contribution in [0.2, 0.25) is 0 Å². The summed E-state index contributed by atoms with van der Waals surface area (Å²) >= 11 is 0. The number of nitrogens with one attached hydrogen (secondary N) is 2. The minimum atomic E-state index is -0.660. The minimum absolute atomic E-state index is 0.176. The third-order valence-corrected chi connectivity index (χ3v) is 4.18. The van der Waals surface area contributed by atoms with E-state index in [4.69, 9.17) is 0 Å². The van der Waals surface area contributed by atoms with E-state index in [0.29, 0.717) is 12.0 Å².